The molecule has 2 heterocycles. The molecule has 0 radical (unpaired) electrons. The van der Waals surface area contributed by atoms with Gasteiger partial charge in [0.25, 0.3) is 5.91 Å². The Morgan fingerprint density at radius 3 is 2.32 bits per heavy atom. The van der Waals surface area contributed by atoms with Crippen LogP contribution in [0.15, 0.2) is 48.5 Å². The molecule has 0 atom stereocenters. The molecule has 146 valence electrons. The van der Waals surface area contributed by atoms with Crippen LogP contribution in [0, 0.1) is 0 Å². The second-order valence-corrected chi connectivity index (χ2v) is 9.06. The SMILES string of the molecule is CCc1ccc(C(=O)N2CCC3(CC2)SCC(=O)N3c2ccc(Cl)cc2)cc1. The molecule has 2 aliphatic heterocycles. The van der Waals surface area contributed by atoms with Gasteiger partial charge in [-0.1, -0.05) is 30.7 Å². The van der Waals surface area contributed by atoms with Crippen molar-refractivity contribution in [1.29, 1.82) is 0 Å². The largest absolute Gasteiger partial charge is 0.338 e. The van der Waals surface area contributed by atoms with E-state index in [9.17, 15) is 9.59 Å². The fourth-order valence-corrected chi connectivity index (χ4v) is 5.47. The number of rotatable bonds is 3. The predicted molar refractivity (Wildman–Crippen MR) is 115 cm³/mol. The maximum Gasteiger partial charge on any atom is 0.253 e. The van der Waals surface area contributed by atoms with E-state index in [1.54, 1.807) is 11.8 Å². The summed E-state index contributed by atoms with van der Waals surface area (Å²) in [4.78, 5) is 29.1. The van der Waals surface area contributed by atoms with Crippen molar-refractivity contribution in [3.05, 3.63) is 64.7 Å². The van der Waals surface area contributed by atoms with E-state index in [0.29, 0.717) is 23.9 Å². The summed E-state index contributed by atoms with van der Waals surface area (Å²) in [5, 5.41) is 0.659. The van der Waals surface area contributed by atoms with Gasteiger partial charge in [0.05, 0.1) is 10.6 Å². The number of hydrogen-bond donors (Lipinski definition) is 0. The topological polar surface area (TPSA) is 40.6 Å². The smallest absolute Gasteiger partial charge is 0.253 e. The fraction of sp³-hybridized carbons (Fsp3) is 0.364. The van der Waals surface area contributed by atoms with Crippen LogP contribution in [0.1, 0.15) is 35.7 Å². The van der Waals surface area contributed by atoms with E-state index in [4.69, 9.17) is 11.6 Å². The third-order valence-electron chi connectivity index (χ3n) is 5.65. The van der Waals surface area contributed by atoms with Gasteiger partial charge in [-0.3, -0.25) is 14.5 Å². The van der Waals surface area contributed by atoms with Gasteiger partial charge in [-0.2, -0.15) is 0 Å². The average molecular weight is 415 g/mol. The maximum absolute atomic E-state index is 12.9. The Labute approximate surface area is 174 Å². The highest BCUT2D eigenvalue weighted by molar-refractivity contribution is 8.02. The zero-order chi connectivity index (χ0) is 19.7. The van der Waals surface area contributed by atoms with Gasteiger partial charge in [-0.15, -0.1) is 11.8 Å². The number of nitrogens with zero attached hydrogens (tertiary/aromatic N) is 2. The van der Waals surface area contributed by atoms with Crippen LogP contribution < -0.4 is 4.90 Å². The second kappa shape index (κ2) is 7.80. The zero-order valence-corrected chi connectivity index (χ0v) is 17.4. The van der Waals surface area contributed by atoms with Gasteiger partial charge in [-0.05, 0) is 61.2 Å². The number of benzene rings is 2. The molecular formula is C22H23ClN2O2S. The number of hydrogen-bond acceptors (Lipinski definition) is 3. The van der Waals surface area contributed by atoms with Crippen LogP contribution in [0.4, 0.5) is 5.69 Å². The fourth-order valence-electron chi connectivity index (χ4n) is 4.01. The molecule has 0 saturated carbocycles. The number of carbonyl (C=O) groups is 2. The third kappa shape index (κ3) is 3.53. The van der Waals surface area contributed by atoms with Crippen LogP contribution >= 0.6 is 23.4 Å². The van der Waals surface area contributed by atoms with E-state index >= 15 is 0 Å². The molecular weight excluding hydrogens is 392 g/mol. The minimum Gasteiger partial charge on any atom is -0.338 e. The summed E-state index contributed by atoms with van der Waals surface area (Å²) >= 11 is 7.71. The molecule has 4 rings (SSSR count). The molecule has 0 aliphatic carbocycles. The van der Waals surface area contributed by atoms with Gasteiger partial charge in [0.1, 0.15) is 0 Å². The van der Waals surface area contributed by atoms with Crippen LogP contribution in [0.25, 0.3) is 0 Å². The summed E-state index contributed by atoms with van der Waals surface area (Å²) in [5.41, 5.74) is 2.85. The van der Waals surface area contributed by atoms with Crippen LogP contribution in [-0.4, -0.2) is 40.4 Å². The van der Waals surface area contributed by atoms with E-state index in [1.807, 2.05) is 58.3 Å². The summed E-state index contributed by atoms with van der Waals surface area (Å²) in [6.45, 7) is 3.41. The monoisotopic (exact) mass is 414 g/mol. The summed E-state index contributed by atoms with van der Waals surface area (Å²) in [7, 11) is 0. The number of anilines is 1. The van der Waals surface area contributed by atoms with Crippen LogP contribution in [-0.2, 0) is 11.2 Å². The molecule has 4 nitrogen and oxygen atoms in total. The third-order valence-corrected chi connectivity index (χ3v) is 7.42. The van der Waals surface area contributed by atoms with Crippen LogP contribution in [0.3, 0.4) is 0 Å². The first-order chi connectivity index (χ1) is 13.5. The van der Waals surface area contributed by atoms with E-state index < -0.39 is 0 Å². The predicted octanol–water partition coefficient (Wildman–Crippen LogP) is 4.61. The second-order valence-electron chi connectivity index (χ2n) is 7.28. The number of piperidine rings is 1. The number of thioether (sulfide) groups is 1. The van der Waals surface area contributed by atoms with Gasteiger partial charge >= 0.3 is 0 Å². The molecule has 2 aliphatic rings. The molecule has 0 bridgehead atoms. The number of amides is 2. The lowest BCUT2D eigenvalue weighted by atomic mass is 10.00. The minimum absolute atomic E-state index is 0.0740. The molecule has 0 unspecified atom stereocenters. The van der Waals surface area contributed by atoms with Crippen LogP contribution in [0.2, 0.25) is 5.02 Å². The first-order valence-electron chi connectivity index (χ1n) is 9.63. The Morgan fingerprint density at radius 1 is 1.07 bits per heavy atom. The van der Waals surface area contributed by atoms with Crippen molar-refractivity contribution in [1.82, 2.24) is 4.90 Å². The first-order valence-corrected chi connectivity index (χ1v) is 11.0. The highest BCUT2D eigenvalue weighted by Gasteiger charge is 2.49. The number of aryl methyl sites for hydroxylation is 1. The lowest BCUT2D eigenvalue weighted by Crippen LogP contribution is -2.53. The van der Waals surface area contributed by atoms with Crippen molar-refractivity contribution in [3.8, 4) is 0 Å². The van der Waals surface area contributed by atoms with Gasteiger partial charge in [-0.25, -0.2) is 0 Å². The van der Waals surface area contributed by atoms with Gasteiger partial charge in [0, 0.05) is 29.4 Å². The Balaban J connectivity index is 1.49. The lowest BCUT2D eigenvalue weighted by Gasteiger charge is -2.44. The van der Waals surface area contributed by atoms with Crippen LogP contribution in [0.5, 0.6) is 0 Å². The normalized spacial score (nSPS) is 18.7. The lowest BCUT2D eigenvalue weighted by molar-refractivity contribution is -0.116. The molecule has 2 aromatic carbocycles. The van der Waals surface area contributed by atoms with Gasteiger partial charge in [0.15, 0.2) is 0 Å². The molecule has 6 heteroatoms. The number of carbonyl (C=O) groups excluding carboxylic acids is 2. The molecule has 2 aromatic rings. The van der Waals surface area contributed by atoms with E-state index in [2.05, 4.69) is 6.92 Å². The van der Waals surface area contributed by atoms with E-state index in [0.717, 1.165) is 30.5 Å². The quantitative estimate of drug-likeness (QED) is 0.736. The summed E-state index contributed by atoms with van der Waals surface area (Å²) < 4.78 is 0. The molecule has 2 saturated heterocycles. The summed E-state index contributed by atoms with van der Waals surface area (Å²) in [6.07, 6.45) is 2.50. The van der Waals surface area contributed by atoms with Crippen molar-refractivity contribution in [2.75, 3.05) is 23.7 Å². The molecule has 2 amide bonds. The molecule has 1 spiro atoms. The molecule has 28 heavy (non-hydrogen) atoms. The minimum atomic E-state index is -0.270. The van der Waals surface area contributed by atoms with E-state index in [1.165, 1.54) is 5.56 Å². The maximum atomic E-state index is 12.9. The number of halogens is 1. The Kier molecular flexibility index (Phi) is 5.39. The van der Waals surface area contributed by atoms with Gasteiger partial charge < -0.3 is 4.90 Å². The molecule has 0 N–H and O–H groups in total. The Bertz CT molecular complexity index is 874. The number of likely N-dealkylation sites (tertiary alicyclic amines) is 1. The zero-order valence-electron chi connectivity index (χ0n) is 15.9. The Hall–Kier alpha value is -1.98. The van der Waals surface area contributed by atoms with Gasteiger partial charge in [0.2, 0.25) is 5.91 Å². The molecule has 2 fully saturated rings. The standard InChI is InChI=1S/C22H23ClN2O2S/c1-2-16-3-5-17(6-4-16)21(27)24-13-11-22(12-14-24)25(20(26)15-28-22)19-9-7-18(23)8-10-19/h3-10H,2,11-15H2,1H3. The first kappa shape index (κ1) is 19.3. The van der Waals surface area contributed by atoms with Crippen molar-refractivity contribution in [2.24, 2.45) is 0 Å². The highest BCUT2D eigenvalue weighted by atomic mass is 35.5. The average Bonchev–Trinajstić information content (AvgIpc) is 3.04. The summed E-state index contributed by atoms with van der Waals surface area (Å²) in [5.74, 6) is 0.682. The molecule has 0 aromatic heterocycles. The van der Waals surface area contributed by atoms with Crippen molar-refractivity contribution >= 4 is 40.9 Å². The Morgan fingerprint density at radius 2 is 1.71 bits per heavy atom. The van der Waals surface area contributed by atoms with Crippen molar-refractivity contribution in [2.45, 2.75) is 31.1 Å². The summed E-state index contributed by atoms with van der Waals surface area (Å²) in [6, 6.07) is 15.3. The highest BCUT2D eigenvalue weighted by Crippen LogP contribution is 2.47. The van der Waals surface area contributed by atoms with E-state index in [-0.39, 0.29) is 16.7 Å². The van der Waals surface area contributed by atoms with Crippen molar-refractivity contribution < 1.29 is 9.59 Å². The van der Waals surface area contributed by atoms with Crippen molar-refractivity contribution in [3.63, 3.8) is 0 Å².